The van der Waals surface area contributed by atoms with Crippen molar-refractivity contribution in [3.8, 4) is 0 Å². The second kappa shape index (κ2) is 5.91. The number of likely N-dealkylation sites (tertiary alicyclic amines) is 1. The van der Waals surface area contributed by atoms with Crippen LogP contribution in [0.2, 0.25) is 0 Å². The summed E-state index contributed by atoms with van der Waals surface area (Å²) in [5, 5.41) is 3.22. The zero-order valence-electron chi connectivity index (χ0n) is 11.9. The lowest BCUT2D eigenvalue weighted by Crippen LogP contribution is -2.34. The van der Waals surface area contributed by atoms with Gasteiger partial charge in [-0.1, -0.05) is 18.9 Å². The Labute approximate surface area is 116 Å². The first-order chi connectivity index (χ1) is 9.38. The third kappa shape index (κ3) is 2.76. The van der Waals surface area contributed by atoms with Crippen LogP contribution in [0.25, 0.3) is 0 Å². The minimum Gasteiger partial charge on any atom is -0.373 e. The Bertz CT molecular complexity index is 412. The third-order valence-electron chi connectivity index (χ3n) is 4.86. The van der Waals surface area contributed by atoms with Gasteiger partial charge in [-0.05, 0) is 44.2 Å². The number of hydrogen-bond donors (Lipinski definition) is 1. The van der Waals surface area contributed by atoms with Crippen molar-refractivity contribution in [2.24, 2.45) is 5.92 Å². The fraction of sp³-hybridized carbons (Fsp3) is 0.688. The van der Waals surface area contributed by atoms with Crippen molar-refractivity contribution in [1.29, 1.82) is 0 Å². The number of aromatic nitrogens is 1. The maximum Gasteiger partial charge on any atom is 0.130 e. The van der Waals surface area contributed by atoms with E-state index in [0.29, 0.717) is 0 Å². The zero-order chi connectivity index (χ0) is 13.1. The number of anilines is 1. The normalized spacial score (nSPS) is 25.0. The van der Waals surface area contributed by atoms with Gasteiger partial charge < -0.3 is 5.32 Å². The zero-order valence-corrected chi connectivity index (χ0v) is 11.9. The van der Waals surface area contributed by atoms with Gasteiger partial charge in [0.05, 0.1) is 0 Å². The number of rotatable bonds is 4. The Balaban J connectivity index is 1.70. The van der Waals surface area contributed by atoms with Gasteiger partial charge in [-0.2, -0.15) is 0 Å². The summed E-state index contributed by atoms with van der Waals surface area (Å²) in [5.41, 5.74) is 1.34. The van der Waals surface area contributed by atoms with Crippen LogP contribution in [0.15, 0.2) is 18.3 Å². The molecule has 2 heterocycles. The molecule has 1 unspecified atom stereocenters. The summed E-state index contributed by atoms with van der Waals surface area (Å²) in [7, 11) is 1.96. The van der Waals surface area contributed by atoms with Crippen molar-refractivity contribution in [3.05, 3.63) is 23.9 Å². The molecule has 1 saturated carbocycles. The molecular weight excluding hydrogens is 234 g/mol. The van der Waals surface area contributed by atoms with Crippen LogP contribution in [0.5, 0.6) is 0 Å². The van der Waals surface area contributed by atoms with Gasteiger partial charge in [-0.15, -0.1) is 0 Å². The summed E-state index contributed by atoms with van der Waals surface area (Å²) in [5.74, 6) is 2.00. The summed E-state index contributed by atoms with van der Waals surface area (Å²) in [6, 6.07) is 5.09. The highest BCUT2D eigenvalue weighted by molar-refractivity contribution is 5.42. The highest BCUT2D eigenvalue weighted by Gasteiger charge is 2.33. The van der Waals surface area contributed by atoms with Crippen LogP contribution in [0.4, 0.5) is 5.82 Å². The predicted octanol–water partition coefficient (Wildman–Crippen LogP) is 3.28. The SMILES string of the molecule is CNc1ncccc1CN1CCCC1C1CCCC1. The standard InChI is InChI=1S/C16H25N3/c1-17-16-14(8-4-10-18-16)12-19-11-5-9-15(19)13-6-2-3-7-13/h4,8,10,13,15H,2-3,5-7,9,11-12H2,1H3,(H,17,18). The molecular formula is C16H25N3. The molecule has 3 nitrogen and oxygen atoms in total. The van der Waals surface area contributed by atoms with Gasteiger partial charge in [0.25, 0.3) is 0 Å². The molecule has 2 aliphatic rings. The number of pyridine rings is 1. The molecule has 1 aliphatic heterocycles. The minimum atomic E-state index is 0.826. The van der Waals surface area contributed by atoms with E-state index < -0.39 is 0 Å². The van der Waals surface area contributed by atoms with Gasteiger partial charge in [-0.3, -0.25) is 4.90 Å². The Morgan fingerprint density at radius 3 is 2.89 bits per heavy atom. The fourth-order valence-electron chi connectivity index (χ4n) is 3.93. The Hall–Kier alpha value is -1.09. The van der Waals surface area contributed by atoms with Gasteiger partial charge >= 0.3 is 0 Å². The highest BCUT2D eigenvalue weighted by Crippen LogP contribution is 2.36. The van der Waals surface area contributed by atoms with E-state index in [1.54, 1.807) is 0 Å². The number of nitrogens with one attached hydrogen (secondary N) is 1. The van der Waals surface area contributed by atoms with Crippen LogP contribution in [-0.4, -0.2) is 29.5 Å². The van der Waals surface area contributed by atoms with Gasteiger partial charge in [-0.25, -0.2) is 4.98 Å². The fourth-order valence-corrected chi connectivity index (χ4v) is 3.93. The Kier molecular flexibility index (Phi) is 4.02. The molecule has 2 fully saturated rings. The quantitative estimate of drug-likeness (QED) is 0.899. The lowest BCUT2D eigenvalue weighted by Gasteiger charge is -2.29. The van der Waals surface area contributed by atoms with Gasteiger partial charge in [0.15, 0.2) is 0 Å². The lowest BCUT2D eigenvalue weighted by atomic mass is 9.96. The van der Waals surface area contributed by atoms with Crippen LogP contribution in [-0.2, 0) is 6.54 Å². The van der Waals surface area contributed by atoms with E-state index in [1.807, 2.05) is 13.2 Å². The van der Waals surface area contributed by atoms with E-state index in [0.717, 1.165) is 24.3 Å². The van der Waals surface area contributed by atoms with Crippen LogP contribution < -0.4 is 5.32 Å². The van der Waals surface area contributed by atoms with Gasteiger partial charge in [0.1, 0.15) is 5.82 Å². The summed E-state index contributed by atoms with van der Waals surface area (Å²) in [6.45, 7) is 2.32. The maximum atomic E-state index is 4.42. The summed E-state index contributed by atoms with van der Waals surface area (Å²) >= 11 is 0. The van der Waals surface area contributed by atoms with Crippen LogP contribution in [0.1, 0.15) is 44.1 Å². The second-order valence-electron chi connectivity index (χ2n) is 5.99. The second-order valence-corrected chi connectivity index (χ2v) is 5.99. The average Bonchev–Trinajstić information content (AvgIpc) is 3.09. The van der Waals surface area contributed by atoms with E-state index in [-0.39, 0.29) is 0 Å². The molecule has 1 aromatic heterocycles. The first-order valence-electron chi connectivity index (χ1n) is 7.74. The molecule has 1 atom stereocenters. The van der Waals surface area contributed by atoms with Crippen molar-refractivity contribution in [2.75, 3.05) is 18.9 Å². The van der Waals surface area contributed by atoms with E-state index in [1.165, 1.54) is 50.6 Å². The molecule has 19 heavy (non-hydrogen) atoms. The Morgan fingerprint density at radius 2 is 2.11 bits per heavy atom. The molecule has 0 amide bonds. The van der Waals surface area contributed by atoms with Crippen molar-refractivity contribution in [1.82, 2.24) is 9.88 Å². The summed E-state index contributed by atoms with van der Waals surface area (Å²) in [6.07, 6.45) is 10.4. The van der Waals surface area contributed by atoms with E-state index in [2.05, 4.69) is 27.3 Å². The topological polar surface area (TPSA) is 28.2 Å². The van der Waals surface area contributed by atoms with E-state index >= 15 is 0 Å². The van der Waals surface area contributed by atoms with Crippen LogP contribution in [0.3, 0.4) is 0 Å². The smallest absolute Gasteiger partial charge is 0.130 e. The van der Waals surface area contributed by atoms with E-state index in [4.69, 9.17) is 0 Å². The first-order valence-corrected chi connectivity index (χ1v) is 7.74. The third-order valence-corrected chi connectivity index (χ3v) is 4.86. The van der Waals surface area contributed by atoms with Crippen molar-refractivity contribution in [3.63, 3.8) is 0 Å². The monoisotopic (exact) mass is 259 g/mol. The van der Waals surface area contributed by atoms with E-state index in [9.17, 15) is 0 Å². The van der Waals surface area contributed by atoms with Crippen molar-refractivity contribution >= 4 is 5.82 Å². The molecule has 1 N–H and O–H groups in total. The molecule has 1 saturated heterocycles. The maximum absolute atomic E-state index is 4.42. The first kappa shape index (κ1) is 12.9. The predicted molar refractivity (Wildman–Crippen MR) is 79.2 cm³/mol. The number of hydrogen-bond acceptors (Lipinski definition) is 3. The van der Waals surface area contributed by atoms with Crippen LogP contribution in [0, 0.1) is 5.92 Å². The molecule has 0 aromatic carbocycles. The molecule has 3 rings (SSSR count). The molecule has 0 radical (unpaired) electrons. The molecule has 1 aromatic rings. The van der Waals surface area contributed by atoms with Gasteiger partial charge in [0, 0.05) is 31.4 Å². The highest BCUT2D eigenvalue weighted by atomic mass is 15.2. The van der Waals surface area contributed by atoms with Crippen molar-refractivity contribution in [2.45, 2.75) is 51.1 Å². The average molecular weight is 259 g/mol. The number of nitrogens with zero attached hydrogens (tertiary/aromatic N) is 2. The molecule has 0 spiro atoms. The Morgan fingerprint density at radius 1 is 1.26 bits per heavy atom. The molecule has 0 bridgehead atoms. The van der Waals surface area contributed by atoms with Crippen molar-refractivity contribution < 1.29 is 0 Å². The molecule has 3 heteroatoms. The molecule has 104 valence electrons. The molecule has 1 aliphatic carbocycles. The van der Waals surface area contributed by atoms with Crippen LogP contribution >= 0.6 is 0 Å². The lowest BCUT2D eigenvalue weighted by molar-refractivity contribution is 0.183. The van der Waals surface area contributed by atoms with Gasteiger partial charge in [0.2, 0.25) is 0 Å². The summed E-state index contributed by atoms with van der Waals surface area (Å²) in [4.78, 5) is 7.13. The minimum absolute atomic E-state index is 0.826. The summed E-state index contributed by atoms with van der Waals surface area (Å²) < 4.78 is 0. The largest absolute Gasteiger partial charge is 0.373 e.